The average Bonchev–Trinajstić information content (AvgIpc) is 2.38. The molecule has 0 amide bonds. The van der Waals surface area contributed by atoms with Gasteiger partial charge in [0.05, 0.1) is 17.0 Å². The van der Waals surface area contributed by atoms with E-state index in [4.69, 9.17) is 0 Å². The molecule has 1 atom stereocenters. The molecular formula is C13H19NO4S. The first kappa shape index (κ1) is 15.8. The summed E-state index contributed by atoms with van der Waals surface area (Å²) in [7, 11) is -3.71. The summed E-state index contributed by atoms with van der Waals surface area (Å²) in [6.45, 7) is 4.56. The number of benzene rings is 1. The van der Waals surface area contributed by atoms with Crippen LogP contribution >= 0.6 is 0 Å². The number of rotatable bonds is 6. The highest BCUT2D eigenvalue weighted by molar-refractivity contribution is 7.89. The number of Topliss-reactive ketones (excluding diaryl/α,β-unsaturated/α-hetero) is 1. The van der Waals surface area contributed by atoms with Crippen LogP contribution in [0, 0.1) is 0 Å². The van der Waals surface area contributed by atoms with E-state index in [1.807, 2.05) is 0 Å². The summed E-state index contributed by atoms with van der Waals surface area (Å²) in [5.41, 5.74) is -0.433. The number of carbonyl (C=O) groups is 1. The van der Waals surface area contributed by atoms with Gasteiger partial charge in [0.15, 0.2) is 5.78 Å². The van der Waals surface area contributed by atoms with Crippen molar-refractivity contribution in [1.82, 2.24) is 4.72 Å². The summed E-state index contributed by atoms with van der Waals surface area (Å²) in [5, 5.41) is 9.24. The van der Waals surface area contributed by atoms with Crippen LogP contribution in [0.2, 0.25) is 0 Å². The van der Waals surface area contributed by atoms with Crippen LogP contribution in [-0.2, 0) is 10.0 Å². The quantitative estimate of drug-likeness (QED) is 0.772. The monoisotopic (exact) mass is 285 g/mol. The molecule has 0 aliphatic rings. The Morgan fingerprint density at radius 2 is 1.84 bits per heavy atom. The molecule has 0 spiro atoms. The molecule has 1 rings (SSSR count). The van der Waals surface area contributed by atoms with Crippen molar-refractivity contribution >= 4 is 15.8 Å². The number of aliphatic hydroxyl groups is 1. The van der Waals surface area contributed by atoms with E-state index in [0.29, 0.717) is 12.0 Å². The van der Waals surface area contributed by atoms with Gasteiger partial charge in [-0.05, 0) is 32.4 Å². The molecule has 0 aliphatic carbocycles. The van der Waals surface area contributed by atoms with Crippen LogP contribution in [-0.4, -0.2) is 31.5 Å². The lowest BCUT2D eigenvalue weighted by Gasteiger charge is -2.26. The SMILES string of the molecule is CCC(C)(CO)NS(=O)(=O)c1ccc(C(C)=O)cc1. The number of hydrogen-bond donors (Lipinski definition) is 2. The van der Waals surface area contributed by atoms with Crippen LogP contribution in [0.4, 0.5) is 0 Å². The van der Waals surface area contributed by atoms with E-state index in [1.165, 1.54) is 31.2 Å². The fourth-order valence-electron chi connectivity index (χ4n) is 1.47. The molecule has 2 N–H and O–H groups in total. The Morgan fingerprint density at radius 1 is 1.32 bits per heavy atom. The van der Waals surface area contributed by atoms with E-state index < -0.39 is 15.6 Å². The standard InChI is InChI=1S/C13H19NO4S/c1-4-13(3,9-15)14-19(17,18)12-7-5-11(6-8-12)10(2)16/h5-8,14-15H,4,9H2,1-3H3. The minimum absolute atomic E-state index is 0.0747. The van der Waals surface area contributed by atoms with Crippen molar-refractivity contribution in [3.05, 3.63) is 29.8 Å². The Balaban J connectivity index is 3.04. The molecule has 6 heteroatoms. The van der Waals surface area contributed by atoms with Gasteiger partial charge in [0.25, 0.3) is 0 Å². The number of hydrogen-bond acceptors (Lipinski definition) is 4. The molecule has 1 aromatic carbocycles. The molecule has 0 fully saturated rings. The van der Waals surface area contributed by atoms with E-state index in [9.17, 15) is 18.3 Å². The molecule has 0 bridgehead atoms. The second-order valence-corrected chi connectivity index (χ2v) is 6.44. The third kappa shape index (κ3) is 3.86. The van der Waals surface area contributed by atoms with E-state index in [0.717, 1.165) is 0 Å². The predicted octanol–water partition coefficient (Wildman–Crippen LogP) is 1.33. The Morgan fingerprint density at radius 3 is 2.21 bits per heavy atom. The molecule has 0 aromatic heterocycles. The summed E-state index contributed by atoms with van der Waals surface area (Å²) in [6.07, 6.45) is 0.467. The van der Waals surface area contributed by atoms with Crippen molar-refractivity contribution in [3.63, 3.8) is 0 Å². The van der Waals surface area contributed by atoms with Crippen LogP contribution in [0.25, 0.3) is 0 Å². The largest absolute Gasteiger partial charge is 0.394 e. The maximum atomic E-state index is 12.1. The summed E-state index contributed by atoms with van der Waals surface area (Å²) in [4.78, 5) is 11.2. The summed E-state index contributed by atoms with van der Waals surface area (Å²) < 4.78 is 26.8. The zero-order chi connectivity index (χ0) is 14.7. The van der Waals surface area contributed by atoms with E-state index in [2.05, 4.69) is 4.72 Å². The van der Waals surface area contributed by atoms with Gasteiger partial charge in [-0.25, -0.2) is 13.1 Å². The van der Waals surface area contributed by atoms with Gasteiger partial charge >= 0.3 is 0 Å². The van der Waals surface area contributed by atoms with E-state index in [1.54, 1.807) is 13.8 Å². The average molecular weight is 285 g/mol. The molecular weight excluding hydrogens is 266 g/mol. The number of nitrogens with one attached hydrogen (secondary N) is 1. The molecule has 0 saturated carbocycles. The first-order valence-corrected chi connectivity index (χ1v) is 7.48. The highest BCUT2D eigenvalue weighted by Crippen LogP contribution is 2.16. The molecule has 0 aliphatic heterocycles. The van der Waals surface area contributed by atoms with Crippen molar-refractivity contribution < 1.29 is 18.3 Å². The van der Waals surface area contributed by atoms with Gasteiger partial charge in [-0.2, -0.15) is 0 Å². The molecule has 0 radical (unpaired) electrons. The van der Waals surface area contributed by atoms with Crippen molar-refractivity contribution in [1.29, 1.82) is 0 Å². The zero-order valence-corrected chi connectivity index (χ0v) is 12.1. The van der Waals surface area contributed by atoms with Crippen molar-refractivity contribution in [2.45, 2.75) is 37.6 Å². The topological polar surface area (TPSA) is 83.5 Å². The third-order valence-corrected chi connectivity index (χ3v) is 4.74. The lowest BCUT2D eigenvalue weighted by molar-refractivity contribution is 0.101. The number of sulfonamides is 1. The van der Waals surface area contributed by atoms with Gasteiger partial charge in [0, 0.05) is 5.56 Å². The van der Waals surface area contributed by atoms with Crippen LogP contribution in [0.1, 0.15) is 37.6 Å². The highest BCUT2D eigenvalue weighted by Gasteiger charge is 2.28. The van der Waals surface area contributed by atoms with Crippen molar-refractivity contribution in [2.75, 3.05) is 6.61 Å². The second kappa shape index (κ2) is 5.81. The molecule has 0 saturated heterocycles. The lowest BCUT2D eigenvalue weighted by Crippen LogP contribution is -2.48. The fraction of sp³-hybridized carbons (Fsp3) is 0.462. The van der Waals surface area contributed by atoms with Crippen LogP contribution < -0.4 is 4.72 Å². The Hall–Kier alpha value is -1.24. The fourth-order valence-corrected chi connectivity index (χ4v) is 2.94. The van der Waals surface area contributed by atoms with Crippen LogP contribution in [0.3, 0.4) is 0 Å². The maximum Gasteiger partial charge on any atom is 0.241 e. The van der Waals surface area contributed by atoms with Gasteiger partial charge in [-0.3, -0.25) is 4.79 Å². The van der Waals surface area contributed by atoms with Gasteiger partial charge < -0.3 is 5.11 Å². The van der Waals surface area contributed by atoms with Gasteiger partial charge in [0.1, 0.15) is 0 Å². The van der Waals surface area contributed by atoms with Gasteiger partial charge in [0.2, 0.25) is 10.0 Å². The normalized spacial score (nSPS) is 14.9. The molecule has 106 valence electrons. The second-order valence-electron chi connectivity index (χ2n) is 4.76. The van der Waals surface area contributed by atoms with Gasteiger partial charge in [-0.1, -0.05) is 19.1 Å². The zero-order valence-electron chi connectivity index (χ0n) is 11.3. The lowest BCUT2D eigenvalue weighted by atomic mass is 10.0. The Kier molecular flexibility index (Phi) is 4.84. The molecule has 5 nitrogen and oxygen atoms in total. The smallest absolute Gasteiger partial charge is 0.241 e. The van der Waals surface area contributed by atoms with Crippen LogP contribution in [0.5, 0.6) is 0 Å². The minimum atomic E-state index is -3.71. The number of aliphatic hydroxyl groups excluding tert-OH is 1. The van der Waals surface area contributed by atoms with Crippen molar-refractivity contribution in [2.24, 2.45) is 0 Å². The van der Waals surface area contributed by atoms with E-state index >= 15 is 0 Å². The molecule has 1 unspecified atom stereocenters. The first-order valence-electron chi connectivity index (χ1n) is 6.00. The maximum absolute atomic E-state index is 12.1. The first-order chi connectivity index (χ1) is 8.74. The Labute approximate surface area is 113 Å². The highest BCUT2D eigenvalue weighted by atomic mass is 32.2. The van der Waals surface area contributed by atoms with Crippen LogP contribution in [0.15, 0.2) is 29.2 Å². The Bertz CT molecular complexity index is 545. The third-order valence-electron chi connectivity index (χ3n) is 3.08. The van der Waals surface area contributed by atoms with Gasteiger partial charge in [-0.15, -0.1) is 0 Å². The molecule has 1 aromatic rings. The molecule has 19 heavy (non-hydrogen) atoms. The summed E-state index contributed by atoms with van der Waals surface area (Å²) in [6, 6.07) is 5.71. The van der Waals surface area contributed by atoms with Crippen molar-refractivity contribution in [3.8, 4) is 0 Å². The minimum Gasteiger partial charge on any atom is -0.394 e. The number of ketones is 1. The van der Waals surface area contributed by atoms with E-state index in [-0.39, 0.29) is 17.3 Å². The summed E-state index contributed by atoms with van der Waals surface area (Å²) in [5.74, 6) is -0.120. The summed E-state index contributed by atoms with van der Waals surface area (Å²) >= 11 is 0. The molecule has 0 heterocycles. The predicted molar refractivity (Wildman–Crippen MR) is 72.5 cm³/mol. The number of carbonyl (C=O) groups excluding carboxylic acids is 1.